The predicted octanol–water partition coefficient (Wildman–Crippen LogP) is 2.19. The molecule has 1 heterocycles. The summed E-state index contributed by atoms with van der Waals surface area (Å²) in [5.74, 6) is 1.98. The van der Waals surface area contributed by atoms with E-state index in [1.165, 1.54) is 25.3 Å². The maximum Gasteiger partial charge on any atom is 0.0306 e. The fourth-order valence-corrected chi connectivity index (χ4v) is 3.54. The average Bonchev–Trinajstić information content (AvgIpc) is 2.16. The molecule has 0 bridgehead atoms. The summed E-state index contributed by atoms with van der Waals surface area (Å²) >= 11 is 2.08. The highest BCUT2D eigenvalue weighted by Gasteiger charge is 2.33. The maximum atomic E-state index is 5.98. The Hall–Kier alpha value is 0.270. The molecular formula is C12H26N2S. The minimum Gasteiger partial charge on any atom is -0.329 e. The number of thioether (sulfide) groups is 1. The van der Waals surface area contributed by atoms with Crippen LogP contribution in [0.2, 0.25) is 0 Å². The Bertz CT molecular complexity index is 196. The molecule has 90 valence electrons. The topological polar surface area (TPSA) is 29.3 Å². The lowest BCUT2D eigenvalue weighted by molar-refractivity contribution is 0.0940. The van der Waals surface area contributed by atoms with E-state index in [0.717, 1.165) is 17.7 Å². The molecule has 0 aromatic carbocycles. The van der Waals surface area contributed by atoms with Gasteiger partial charge in [0.05, 0.1) is 0 Å². The third kappa shape index (κ3) is 3.65. The summed E-state index contributed by atoms with van der Waals surface area (Å²) in [5, 5.41) is 0.761. The van der Waals surface area contributed by atoms with Crippen LogP contribution in [0.15, 0.2) is 0 Å². The fourth-order valence-electron chi connectivity index (χ4n) is 2.53. The standard InChI is InChI=1S/C12H26N2S/c1-10(2)7-12(4,9-13)14-5-6-15-11(3)8-14/h10-11H,5-9,13H2,1-4H3. The Morgan fingerprint density at radius 1 is 1.53 bits per heavy atom. The van der Waals surface area contributed by atoms with Crippen LogP contribution in [0.3, 0.4) is 0 Å². The molecule has 3 heteroatoms. The normalized spacial score (nSPS) is 28.0. The van der Waals surface area contributed by atoms with Crippen molar-refractivity contribution in [2.75, 3.05) is 25.4 Å². The van der Waals surface area contributed by atoms with Crippen molar-refractivity contribution in [3.05, 3.63) is 0 Å². The molecule has 1 rings (SSSR count). The molecule has 2 nitrogen and oxygen atoms in total. The van der Waals surface area contributed by atoms with Gasteiger partial charge in [0.15, 0.2) is 0 Å². The van der Waals surface area contributed by atoms with Crippen LogP contribution >= 0.6 is 11.8 Å². The van der Waals surface area contributed by atoms with E-state index in [-0.39, 0.29) is 5.54 Å². The molecule has 0 saturated carbocycles. The Labute approximate surface area is 99.0 Å². The van der Waals surface area contributed by atoms with Gasteiger partial charge in [-0.25, -0.2) is 0 Å². The van der Waals surface area contributed by atoms with Crippen molar-refractivity contribution in [3.63, 3.8) is 0 Å². The van der Waals surface area contributed by atoms with Crippen molar-refractivity contribution in [1.82, 2.24) is 4.90 Å². The average molecular weight is 230 g/mol. The lowest BCUT2D eigenvalue weighted by Crippen LogP contribution is -2.56. The quantitative estimate of drug-likeness (QED) is 0.803. The number of hydrogen-bond acceptors (Lipinski definition) is 3. The van der Waals surface area contributed by atoms with Gasteiger partial charge in [-0.1, -0.05) is 20.8 Å². The van der Waals surface area contributed by atoms with Gasteiger partial charge in [0.25, 0.3) is 0 Å². The van der Waals surface area contributed by atoms with E-state index >= 15 is 0 Å². The minimum atomic E-state index is 0.212. The minimum absolute atomic E-state index is 0.212. The maximum absolute atomic E-state index is 5.98. The van der Waals surface area contributed by atoms with E-state index in [2.05, 4.69) is 44.4 Å². The van der Waals surface area contributed by atoms with Crippen molar-refractivity contribution >= 4 is 11.8 Å². The van der Waals surface area contributed by atoms with E-state index in [4.69, 9.17) is 5.73 Å². The number of nitrogens with zero attached hydrogens (tertiary/aromatic N) is 1. The lowest BCUT2D eigenvalue weighted by atomic mass is 9.88. The predicted molar refractivity (Wildman–Crippen MR) is 70.4 cm³/mol. The monoisotopic (exact) mass is 230 g/mol. The number of nitrogens with two attached hydrogens (primary N) is 1. The van der Waals surface area contributed by atoms with Gasteiger partial charge in [-0.05, 0) is 19.3 Å². The highest BCUT2D eigenvalue weighted by molar-refractivity contribution is 7.99. The van der Waals surface area contributed by atoms with Gasteiger partial charge in [-0.3, -0.25) is 4.90 Å². The van der Waals surface area contributed by atoms with Crippen LogP contribution in [0.4, 0.5) is 0 Å². The van der Waals surface area contributed by atoms with Gasteiger partial charge >= 0.3 is 0 Å². The molecule has 1 aliphatic heterocycles. The van der Waals surface area contributed by atoms with Crippen LogP contribution in [0.1, 0.15) is 34.1 Å². The first-order valence-corrected chi connectivity index (χ1v) is 7.09. The molecule has 2 atom stereocenters. The second-order valence-electron chi connectivity index (χ2n) is 5.43. The van der Waals surface area contributed by atoms with Crippen LogP contribution in [0, 0.1) is 5.92 Å². The Balaban J connectivity index is 2.62. The van der Waals surface area contributed by atoms with Crippen LogP contribution in [0.25, 0.3) is 0 Å². The first-order chi connectivity index (χ1) is 6.98. The summed E-state index contributed by atoms with van der Waals surface area (Å²) in [7, 11) is 0. The zero-order valence-electron chi connectivity index (χ0n) is 10.6. The molecule has 0 aromatic heterocycles. The zero-order valence-corrected chi connectivity index (χ0v) is 11.4. The first kappa shape index (κ1) is 13.3. The smallest absolute Gasteiger partial charge is 0.0306 e. The van der Waals surface area contributed by atoms with E-state index in [1.54, 1.807) is 0 Å². The SMILES string of the molecule is CC(C)CC(C)(CN)N1CCSC(C)C1. The summed E-state index contributed by atoms with van der Waals surface area (Å²) in [4.78, 5) is 2.61. The molecule has 15 heavy (non-hydrogen) atoms. The van der Waals surface area contributed by atoms with Crippen molar-refractivity contribution < 1.29 is 0 Å². The summed E-state index contributed by atoms with van der Waals surface area (Å²) in [6.07, 6.45) is 1.21. The number of hydrogen-bond donors (Lipinski definition) is 1. The van der Waals surface area contributed by atoms with Crippen molar-refractivity contribution in [1.29, 1.82) is 0 Å². The summed E-state index contributed by atoms with van der Waals surface area (Å²) in [5.41, 5.74) is 6.19. The van der Waals surface area contributed by atoms with E-state index < -0.39 is 0 Å². The van der Waals surface area contributed by atoms with E-state index in [1.807, 2.05) is 0 Å². The Morgan fingerprint density at radius 3 is 2.67 bits per heavy atom. The van der Waals surface area contributed by atoms with E-state index in [0.29, 0.717) is 0 Å². The molecule has 2 N–H and O–H groups in total. The van der Waals surface area contributed by atoms with Gasteiger partial charge in [0.2, 0.25) is 0 Å². The zero-order chi connectivity index (χ0) is 11.5. The summed E-state index contributed by atoms with van der Waals surface area (Å²) in [6.45, 7) is 12.4. The van der Waals surface area contributed by atoms with Crippen molar-refractivity contribution in [2.24, 2.45) is 11.7 Å². The third-order valence-corrected chi connectivity index (χ3v) is 4.43. The van der Waals surface area contributed by atoms with Crippen LogP contribution in [0.5, 0.6) is 0 Å². The van der Waals surface area contributed by atoms with Gasteiger partial charge < -0.3 is 5.73 Å². The van der Waals surface area contributed by atoms with Crippen LogP contribution in [-0.4, -0.2) is 41.1 Å². The lowest BCUT2D eigenvalue weighted by Gasteiger charge is -2.45. The molecule has 2 unspecified atom stereocenters. The second kappa shape index (κ2) is 5.55. The second-order valence-corrected chi connectivity index (χ2v) is 6.97. The Morgan fingerprint density at radius 2 is 2.20 bits per heavy atom. The largest absolute Gasteiger partial charge is 0.329 e. The van der Waals surface area contributed by atoms with Crippen LogP contribution in [-0.2, 0) is 0 Å². The molecule has 1 saturated heterocycles. The highest BCUT2D eigenvalue weighted by atomic mass is 32.2. The van der Waals surface area contributed by atoms with Crippen molar-refractivity contribution in [2.45, 2.75) is 44.9 Å². The third-order valence-electron chi connectivity index (χ3n) is 3.29. The van der Waals surface area contributed by atoms with Gasteiger partial charge in [0.1, 0.15) is 0 Å². The molecule has 0 radical (unpaired) electrons. The summed E-state index contributed by atoms with van der Waals surface area (Å²) < 4.78 is 0. The molecule has 1 aliphatic rings. The molecule has 0 aromatic rings. The van der Waals surface area contributed by atoms with E-state index in [9.17, 15) is 0 Å². The van der Waals surface area contributed by atoms with Gasteiger partial charge in [-0.15, -0.1) is 0 Å². The highest BCUT2D eigenvalue weighted by Crippen LogP contribution is 2.28. The number of rotatable bonds is 4. The Kier molecular flexibility index (Phi) is 4.94. The molecular weight excluding hydrogens is 204 g/mol. The first-order valence-electron chi connectivity index (χ1n) is 6.04. The fraction of sp³-hybridized carbons (Fsp3) is 1.00. The molecule has 1 fully saturated rings. The van der Waals surface area contributed by atoms with Gasteiger partial charge in [-0.2, -0.15) is 11.8 Å². The summed E-state index contributed by atoms with van der Waals surface area (Å²) in [6, 6.07) is 0. The molecule has 0 aliphatic carbocycles. The van der Waals surface area contributed by atoms with Crippen molar-refractivity contribution in [3.8, 4) is 0 Å². The molecule has 0 spiro atoms. The van der Waals surface area contributed by atoms with Gasteiger partial charge in [0, 0.05) is 36.2 Å². The van der Waals surface area contributed by atoms with Crippen LogP contribution < -0.4 is 5.73 Å². The molecule has 0 amide bonds.